The zero-order chi connectivity index (χ0) is 14.4. The van der Waals surface area contributed by atoms with Crippen molar-refractivity contribution in [3.63, 3.8) is 0 Å². The first kappa shape index (κ1) is 13.7. The summed E-state index contributed by atoms with van der Waals surface area (Å²) in [5, 5.41) is -0.0000673. The van der Waals surface area contributed by atoms with Crippen LogP contribution in [-0.2, 0) is 0 Å². The van der Waals surface area contributed by atoms with Gasteiger partial charge in [-0.25, -0.2) is 8.78 Å². The highest BCUT2D eigenvalue weighted by Crippen LogP contribution is 2.27. The Kier molecular flexibility index (Phi) is 3.40. The van der Waals surface area contributed by atoms with Crippen LogP contribution in [0, 0.1) is 16.4 Å². The van der Waals surface area contributed by atoms with Crippen molar-refractivity contribution in [2.45, 2.75) is 0 Å². The molecule has 0 spiro atoms. The monoisotopic (exact) mass is 374 g/mol. The average Bonchev–Trinajstić information content (AvgIpc) is 2.69. The molecule has 7 heteroatoms. The molecular weight excluding hydrogens is 370 g/mol. The Morgan fingerprint density at radius 3 is 2.60 bits per heavy atom. The number of benzene rings is 2. The lowest BCUT2D eigenvalue weighted by Crippen LogP contribution is -1.95. The van der Waals surface area contributed by atoms with Gasteiger partial charge in [-0.15, -0.1) is 0 Å². The highest BCUT2D eigenvalue weighted by Gasteiger charge is 2.11. The highest BCUT2D eigenvalue weighted by atomic mass is 79.9. The molecule has 0 amide bonds. The first-order valence-electron chi connectivity index (χ1n) is 5.52. The number of imidazole rings is 1. The molecule has 1 aromatic heterocycles. The lowest BCUT2D eigenvalue weighted by molar-refractivity contribution is 0.623. The molecule has 2 nitrogen and oxygen atoms in total. The minimum atomic E-state index is -0.506. The Bertz CT molecular complexity index is 888. The second-order valence-corrected chi connectivity index (χ2v) is 5.80. The smallest absolute Gasteiger partial charge is 0.182 e. The quantitative estimate of drug-likeness (QED) is 0.566. The molecule has 2 aromatic carbocycles. The molecule has 3 aromatic rings. The SMILES string of the molecule is Fc1ccc(-n2c(=S)[nH]c3cc(F)c(Br)cc32)cc1Cl. The van der Waals surface area contributed by atoms with E-state index in [4.69, 9.17) is 23.8 Å². The maximum atomic E-state index is 13.5. The Labute approximate surface area is 131 Å². The molecule has 0 aliphatic heterocycles. The third-order valence-corrected chi connectivity index (χ3v) is 4.07. The molecule has 0 atom stereocenters. The number of halogens is 4. The van der Waals surface area contributed by atoms with E-state index in [1.807, 2.05) is 0 Å². The van der Waals surface area contributed by atoms with Crippen molar-refractivity contribution in [1.82, 2.24) is 9.55 Å². The summed E-state index contributed by atoms with van der Waals surface area (Å²) < 4.78 is 29.1. The number of rotatable bonds is 1. The number of H-pyrrole nitrogens is 1. The minimum absolute atomic E-state index is 0.0000673. The van der Waals surface area contributed by atoms with E-state index in [1.165, 1.54) is 18.2 Å². The lowest BCUT2D eigenvalue weighted by atomic mass is 10.2. The molecule has 0 radical (unpaired) electrons. The predicted octanol–water partition coefficient (Wildman–Crippen LogP) is 5.38. The summed E-state index contributed by atoms with van der Waals surface area (Å²) in [6.45, 7) is 0. The molecule has 102 valence electrons. The van der Waals surface area contributed by atoms with Gasteiger partial charge in [0, 0.05) is 6.07 Å². The van der Waals surface area contributed by atoms with Gasteiger partial charge in [-0.05, 0) is 52.4 Å². The largest absolute Gasteiger partial charge is 0.330 e. The van der Waals surface area contributed by atoms with Crippen LogP contribution in [0.25, 0.3) is 16.7 Å². The van der Waals surface area contributed by atoms with Crippen molar-refractivity contribution in [1.29, 1.82) is 0 Å². The molecule has 1 heterocycles. The van der Waals surface area contributed by atoms with Crippen LogP contribution < -0.4 is 0 Å². The third kappa shape index (κ3) is 2.17. The first-order valence-corrected chi connectivity index (χ1v) is 7.10. The highest BCUT2D eigenvalue weighted by molar-refractivity contribution is 9.10. The second kappa shape index (κ2) is 4.95. The summed E-state index contributed by atoms with van der Waals surface area (Å²) in [5.41, 5.74) is 1.83. The maximum absolute atomic E-state index is 13.5. The molecule has 0 saturated heterocycles. The Morgan fingerprint density at radius 2 is 1.90 bits per heavy atom. The fourth-order valence-corrected chi connectivity index (χ4v) is 2.80. The van der Waals surface area contributed by atoms with E-state index in [1.54, 1.807) is 16.7 Å². The van der Waals surface area contributed by atoms with E-state index in [0.29, 0.717) is 26.0 Å². The zero-order valence-electron chi connectivity index (χ0n) is 9.75. The maximum Gasteiger partial charge on any atom is 0.182 e. The van der Waals surface area contributed by atoms with Gasteiger partial charge in [-0.2, -0.15) is 0 Å². The van der Waals surface area contributed by atoms with Crippen molar-refractivity contribution >= 4 is 50.8 Å². The third-order valence-electron chi connectivity index (χ3n) is 2.89. The molecule has 3 rings (SSSR count). The van der Waals surface area contributed by atoms with Crippen LogP contribution in [0.2, 0.25) is 5.02 Å². The number of hydrogen-bond donors (Lipinski definition) is 1. The number of nitrogens with one attached hydrogen (secondary N) is 1. The fraction of sp³-hybridized carbons (Fsp3) is 0. The summed E-state index contributed by atoms with van der Waals surface area (Å²) in [4.78, 5) is 2.91. The molecule has 0 saturated carbocycles. The van der Waals surface area contributed by atoms with Gasteiger partial charge in [0.05, 0.1) is 26.2 Å². The summed E-state index contributed by atoms with van der Waals surface area (Å²) in [7, 11) is 0. The van der Waals surface area contributed by atoms with E-state index in [9.17, 15) is 8.78 Å². The van der Waals surface area contributed by atoms with E-state index in [-0.39, 0.29) is 5.02 Å². The van der Waals surface area contributed by atoms with Crippen LogP contribution in [-0.4, -0.2) is 9.55 Å². The fourth-order valence-electron chi connectivity index (χ4n) is 1.98. The van der Waals surface area contributed by atoms with Gasteiger partial charge in [-0.3, -0.25) is 4.57 Å². The molecule has 20 heavy (non-hydrogen) atoms. The zero-order valence-corrected chi connectivity index (χ0v) is 12.9. The molecule has 1 N–H and O–H groups in total. The molecule has 0 bridgehead atoms. The Morgan fingerprint density at radius 1 is 1.15 bits per heavy atom. The summed E-state index contributed by atoms with van der Waals surface area (Å²) >= 11 is 14.2. The van der Waals surface area contributed by atoms with E-state index in [2.05, 4.69) is 20.9 Å². The number of hydrogen-bond acceptors (Lipinski definition) is 1. The molecule has 0 aliphatic rings. The topological polar surface area (TPSA) is 20.7 Å². The van der Waals surface area contributed by atoms with Crippen molar-refractivity contribution < 1.29 is 8.78 Å². The lowest BCUT2D eigenvalue weighted by Gasteiger charge is -2.06. The van der Waals surface area contributed by atoms with Gasteiger partial charge >= 0.3 is 0 Å². The average molecular weight is 376 g/mol. The Balaban J connectivity index is 2.35. The summed E-state index contributed by atoms with van der Waals surface area (Å²) in [6, 6.07) is 7.24. The van der Waals surface area contributed by atoms with Crippen LogP contribution in [0.15, 0.2) is 34.8 Å². The number of aromatic nitrogens is 2. The Hall–Kier alpha value is -1.24. The van der Waals surface area contributed by atoms with E-state index in [0.717, 1.165) is 0 Å². The molecule has 0 aliphatic carbocycles. The van der Waals surface area contributed by atoms with Crippen molar-refractivity contribution in [3.05, 3.63) is 56.2 Å². The first-order chi connectivity index (χ1) is 9.47. The van der Waals surface area contributed by atoms with Crippen molar-refractivity contribution in [2.75, 3.05) is 0 Å². The molecular formula is C13H6BrClF2N2S. The van der Waals surface area contributed by atoms with Crippen LogP contribution in [0.4, 0.5) is 8.78 Å². The van der Waals surface area contributed by atoms with Gasteiger partial charge in [0.25, 0.3) is 0 Å². The van der Waals surface area contributed by atoms with Crippen LogP contribution in [0.1, 0.15) is 0 Å². The van der Waals surface area contributed by atoms with Gasteiger partial charge in [-0.1, -0.05) is 11.6 Å². The minimum Gasteiger partial charge on any atom is -0.330 e. The molecule has 0 unspecified atom stereocenters. The van der Waals surface area contributed by atoms with E-state index < -0.39 is 11.6 Å². The van der Waals surface area contributed by atoms with Gasteiger partial charge in [0.1, 0.15) is 11.6 Å². The van der Waals surface area contributed by atoms with Crippen LogP contribution >= 0.6 is 39.7 Å². The van der Waals surface area contributed by atoms with E-state index >= 15 is 0 Å². The van der Waals surface area contributed by atoms with Gasteiger partial charge in [0.15, 0.2) is 4.77 Å². The standard InChI is InChI=1S/C13H6BrClF2N2S/c14-7-4-12-11(5-10(7)17)18-13(20)19(12)6-1-2-9(16)8(15)3-6/h1-5H,(H,18,20). The van der Waals surface area contributed by atoms with Crippen LogP contribution in [0.3, 0.4) is 0 Å². The number of aromatic amines is 1. The van der Waals surface area contributed by atoms with Gasteiger partial charge < -0.3 is 4.98 Å². The number of fused-ring (bicyclic) bond motifs is 1. The van der Waals surface area contributed by atoms with Crippen LogP contribution in [0.5, 0.6) is 0 Å². The van der Waals surface area contributed by atoms with Crippen molar-refractivity contribution in [2.24, 2.45) is 0 Å². The number of nitrogens with zero attached hydrogens (tertiary/aromatic N) is 1. The predicted molar refractivity (Wildman–Crippen MR) is 81.1 cm³/mol. The van der Waals surface area contributed by atoms with Gasteiger partial charge in [0.2, 0.25) is 0 Å². The van der Waals surface area contributed by atoms with Crippen molar-refractivity contribution in [3.8, 4) is 5.69 Å². The summed E-state index contributed by atoms with van der Waals surface area (Å²) in [6.07, 6.45) is 0. The molecule has 0 fully saturated rings. The second-order valence-electron chi connectivity index (χ2n) is 4.15. The summed E-state index contributed by atoms with van der Waals surface area (Å²) in [5.74, 6) is -0.896. The normalized spacial score (nSPS) is 11.2.